The van der Waals surface area contributed by atoms with Gasteiger partial charge in [0.05, 0.1) is 47.5 Å². The van der Waals surface area contributed by atoms with Crippen molar-refractivity contribution in [2.75, 3.05) is 61.8 Å². The van der Waals surface area contributed by atoms with E-state index < -0.39 is 30.7 Å². The number of anilines is 4. The molecule has 5 aromatic rings. The lowest BCUT2D eigenvalue weighted by atomic mass is 10.1. The van der Waals surface area contributed by atoms with Crippen LogP contribution in [0.4, 0.5) is 27.7 Å². The van der Waals surface area contributed by atoms with Gasteiger partial charge in [-0.1, -0.05) is 12.1 Å². The number of methoxy groups -OCH3 is 1. The Morgan fingerprint density at radius 2 is 1.71 bits per heavy atom. The summed E-state index contributed by atoms with van der Waals surface area (Å²) >= 11 is 1.38. The van der Waals surface area contributed by atoms with Crippen LogP contribution in [0.5, 0.6) is 11.5 Å². The van der Waals surface area contributed by atoms with E-state index in [1.807, 2.05) is 12.1 Å². The number of nitrogens with one attached hydrogen (secondary N) is 3. The Morgan fingerprint density at radius 1 is 0.929 bits per heavy atom. The van der Waals surface area contributed by atoms with Crippen LogP contribution in [-0.4, -0.2) is 116 Å². The molecule has 2 saturated heterocycles. The third kappa shape index (κ3) is 11.2. The SMILES string of the molecule is COc1cc2c(cc1OCCCC(=O)Nc1cc(C(=O)Nc3ccc4sc(C(=O)N(C)C)cc4c3)cn1C)N(C(=O)OCc1ccc(NC(=O)C(C)N)cc1)C(OC1CCCCO1)C1CCCN1C2=O. The molecule has 370 valence electrons. The highest BCUT2D eigenvalue weighted by molar-refractivity contribution is 7.20. The lowest BCUT2D eigenvalue weighted by molar-refractivity contribution is -0.195. The molecule has 3 aliphatic rings. The zero-order chi connectivity index (χ0) is 49.6. The van der Waals surface area contributed by atoms with Gasteiger partial charge >= 0.3 is 6.09 Å². The maximum Gasteiger partial charge on any atom is 0.416 e. The minimum atomic E-state index is -0.974. The molecule has 0 radical (unpaired) electrons. The van der Waals surface area contributed by atoms with Crippen LogP contribution in [0.1, 0.15) is 87.8 Å². The summed E-state index contributed by atoms with van der Waals surface area (Å²) in [4.78, 5) is 85.3. The van der Waals surface area contributed by atoms with Gasteiger partial charge in [-0.25, -0.2) is 9.69 Å². The number of ether oxygens (including phenoxy) is 5. The van der Waals surface area contributed by atoms with Crippen molar-refractivity contribution >= 4 is 79.9 Å². The first-order chi connectivity index (χ1) is 33.7. The monoisotopic (exact) mass is 978 g/mol. The van der Waals surface area contributed by atoms with E-state index in [1.54, 1.807) is 98.3 Å². The molecule has 0 bridgehead atoms. The maximum absolute atomic E-state index is 14.5. The number of thiophene rings is 1. The van der Waals surface area contributed by atoms with Gasteiger partial charge in [-0.15, -0.1) is 11.3 Å². The third-order valence-electron chi connectivity index (χ3n) is 12.3. The molecule has 2 fully saturated rings. The fourth-order valence-corrected chi connectivity index (χ4v) is 9.63. The van der Waals surface area contributed by atoms with Gasteiger partial charge < -0.3 is 59.7 Å². The molecule has 20 heteroatoms. The molecule has 2 aromatic heterocycles. The van der Waals surface area contributed by atoms with Crippen molar-refractivity contribution in [2.24, 2.45) is 12.8 Å². The third-order valence-corrected chi connectivity index (χ3v) is 13.4. The number of rotatable bonds is 16. The van der Waals surface area contributed by atoms with Crippen molar-refractivity contribution < 1.29 is 52.5 Å². The summed E-state index contributed by atoms with van der Waals surface area (Å²) in [7, 11) is 6.57. The topological polar surface area (TPSA) is 225 Å². The molecule has 0 aliphatic carbocycles. The molecular weight excluding hydrogens is 921 g/mol. The molecule has 70 heavy (non-hydrogen) atoms. The average Bonchev–Trinajstić information content (AvgIpc) is 4.10. The molecule has 6 amide bonds. The standard InChI is InChI=1S/C50H58N8O11S/c1-29(51)45(60)52-33-15-13-30(14-16-33)28-68-50(64)58-37-26-39(38(65-5)25-35(37)47(62)57-19-8-10-36(57)49(58)69-44-12-6-7-20-67-44)66-21-9-11-43(59)54-42-24-32(27-56(42)4)46(61)53-34-17-18-40-31(22-34)23-41(70-40)48(63)55(2)3/h13-18,22-27,29,36,44,49H,6-12,19-21,28,51H2,1-5H3,(H,52,60)(H,53,61)(H,54,59). The molecular formula is C50H58N8O11S. The largest absolute Gasteiger partial charge is 0.493 e. The van der Waals surface area contributed by atoms with Crippen molar-refractivity contribution in [3.8, 4) is 11.5 Å². The number of nitrogens with two attached hydrogens (primary N) is 1. The van der Waals surface area contributed by atoms with E-state index >= 15 is 0 Å². The van der Waals surface area contributed by atoms with Crippen molar-refractivity contribution in [3.63, 3.8) is 0 Å². The van der Waals surface area contributed by atoms with Gasteiger partial charge in [0.25, 0.3) is 17.7 Å². The number of aryl methyl sites for hydroxylation is 1. The molecule has 5 N–H and O–H groups in total. The van der Waals surface area contributed by atoms with Gasteiger partial charge in [-0.05, 0) is 105 Å². The quantitative estimate of drug-likeness (QED) is 0.0740. The van der Waals surface area contributed by atoms with E-state index in [1.165, 1.54) is 28.2 Å². The zero-order valence-corrected chi connectivity index (χ0v) is 40.6. The van der Waals surface area contributed by atoms with Crippen LogP contribution < -0.4 is 36.1 Å². The number of hydrogen-bond acceptors (Lipinski definition) is 13. The Morgan fingerprint density at radius 3 is 2.44 bits per heavy atom. The van der Waals surface area contributed by atoms with E-state index in [9.17, 15) is 28.8 Å². The summed E-state index contributed by atoms with van der Waals surface area (Å²) < 4.78 is 33.1. The van der Waals surface area contributed by atoms with E-state index in [-0.39, 0.29) is 78.3 Å². The van der Waals surface area contributed by atoms with Crippen LogP contribution in [0.3, 0.4) is 0 Å². The van der Waals surface area contributed by atoms with E-state index in [2.05, 4.69) is 16.0 Å². The van der Waals surface area contributed by atoms with Crippen LogP contribution in [-0.2, 0) is 37.5 Å². The van der Waals surface area contributed by atoms with Crippen LogP contribution in [0, 0.1) is 0 Å². The predicted molar refractivity (Wildman–Crippen MR) is 263 cm³/mol. The van der Waals surface area contributed by atoms with Gasteiger partial charge in [-0.2, -0.15) is 0 Å². The van der Waals surface area contributed by atoms with Crippen molar-refractivity contribution in [3.05, 3.63) is 94.5 Å². The summed E-state index contributed by atoms with van der Waals surface area (Å²) in [5, 5.41) is 9.34. The highest BCUT2D eigenvalue weighted by Crippen LogP contribution is 2.43. The molecule has 4 unspecified atom stereocenters. The fraction of sp³-hybridized carbons (Fsp3) is 0.400. The lowest BCUT2D eigenvalue weighted by Crippen LogP contribution is -2.54. The van der Waals surface area contributed by atoms with Gasteiger partial charge in [0.2, 0.25) is 11.8 Å². The first-order valence-corrected chi connectivity index (χ1v) is 24.1. The van der Waals surface area contributed by atoms with E-state index in [0.717, 1.165) is 22.9 Å². The maximum atomic E-state index is 14.5. The predicted octanol–water partition coefficient (Wildman–Crippen LogP) is 6.92. The Balaban J connectivity index is 0.945. The summed E-state index contributed by atoms with van der Waals surface area (Å²) in [6.45, 7) is 2.48. The summed E-state index contributed by atoms with van der Waals surface area (Å²) in [6.07, 6.45) is 3.25. The number of carbonyl (C=O) groups excluding carboxylic acids is 6. The second kappa shape index (κ2) is 21.7. The Bertz CT molecular complexity index is 2770. The molecule has 0 saturated carbocycles. The van der Waals surface area contributed by atoms with Crippen LogP contribution in [0.2, 0.25) is 0 Å². The van der Waals surface area contributed by atoms with Crippen molar-refractivity contribution in [1.82, 2.24) is 14.4 Å². The summed E-state index contributed by atoms with van der Waals surface area (Å²) in [5.74, 6) is -0.521. The minimum Gasteiger partial charge on any atom is -0.493 e. The van der Waals surface area contributed by atoms with Crippen LogP contribution in [0.25, 0.3) is 10.1 Å². The number of hydrogen-bond donors (Lipinski definition) is 4. The van der Waals surface area contributed by atoms with Gasteiger partial charge in [0, 0.05) is 69.1 Å². The second-order valence-electron chi connectivity index (χ2n) is 17.7. The Hall–Kier alpha value is -7.00. The van der Waals surface area contributed by atoms with Crippen LogP contribution in [0.15, 0.2) is 72.9 Å². The molecule has 0 spiro atoms. The summed E-state index contributed by atoms with van der Waals surface area (Å²) in [5.41, 5.74) is 8.17. The Labute approximate surface area is 409 Å². The average molecular weight is 979 g/mol. The first-order valence-electron chi connectivity index (χ1n) is 23.2. The highest BCUT2D eigenvalue weighted by Gasteiger charge is 2.48. The smallest absolute Gasteiger partial charge is 0.416 e. The number of amides is 6. The van der Waals surface area contributed by atoms with Gasteiger partial charge in [0.15, 0.2) is 24.0 Å². The molecule has 8 rings (SSSR count). The normalized spacial score (nSPS) is 18.0. The number of benzene rings is 3. The zero-order valence-electron chi connectivity index (χ0n) is 39.8. The molecule has 5 heterocycles. The van der Waals surface area contributed by atoms with Crippen molar-refractivity contribution in [1.29, 1.82) is 0 Å². The lowest BCUT2D eigenvalue weighted by Gasteiger charge is -2.38. The first kappa shape index (κ1) is 49.4. The number of fused-ring (bicyclic) bond motifs is 3. The molecule has 3 aromatic carbocycles. The highest BCUT2D eigenvalue weighted by atomic mass is 32.1. The van der Waals surface area contributed by atoms with Crippen LogP contribution >= 0.6 is 11.3 Å². The summed E-state index contributed by atoms with van der Waals surface area (Å²) in [6, 6.07) is 17.6. The Kier molecular flexibility index (Phi) is 15.4. The van der Waals surface area contributed by atoms with Gasteiger partial charge in [0.1, 0.15) is 12.4 Å². The van der Waals surface area contributed by atoms with Crippen molar-refractivity contribution in [2.45, 2.75) is 83.1 Å². The van der Waals surface area contributed by atoms with Gasteiger partial charge in [-0.3, -0.25) is 24.0 Å². The molecule has 3 aliphatic heterocycles. The van der Waals surface area contributed by atoms with E-state index in [0.29, 0.717) is 65.6 Å². The minimum absolute atomic E-state index is 0.0588. The second-order valence-corrected chi connectivity index (χ2v) is 18.8. The fourth-order valence-electron chi connectivity index (χ4n) is 8.56. The number of carbonyl (C=O) groups is 6. The molecule has 4 atom stereocenters. The number of nitrogens with zero attached hydrogens (tertiary/aromatic N) is 4. The number of aromatic nitrogens is 1. The molecule has 19 nitrogen and oxygen atoms in total. The van der Waals surface area contributed by atoms with E-state index in [4.69, 9.17) is 29.4 Å².